The predicted molar refractivity (Wildman–Crippen MR) is 53.1 cm³/mol. The number of aromatic nitrogens is 2. The van der Waals surface area contributed by atoms with E-state index in [1.165, 1.54) is 6.21 Å². The monoisotopic (exact) mass is 174 g/mol. The van der Waals surface area contributed by atoms with Gasteiger partial charge in [-0.1, -0.05) is 0 Å². The summed E-state index contributed by atoms with van der Waals surface area (Å²) < 4.78 is 0. The van der Waals surface area contributed by atoms with Gasteiger partial charge >= 0.3 is 0 Å². The molecule has 4 heteroatoms. The van der Waals surface area contributed by atoms with E-state index in [2.05, 4.69) is 9.97 Å². The number of fused-ring (bicyclic) bond motifs is 1. The van der Waals surface area contributed by atoms with Gasteiger partial charge in [0.1, 0.15) is 5.82 Å². The third-order valence-corrected chi connectivity index (χ3v) is 1.96. The maximum absolute atomic E-state index is 7.13. The van der Waals surface area contributed by atoms with Gasteiger partial charge < -0.3 is 16.1 Å². The summed E-state index contributed by atoms with van der Waals surface area (Å²) in [5.41, 5.74) is 8.78. The zero-order valence-corrected chi connectivity index (χ0v) is 7.26. The summed E-state index contributed by atoms with van der Waals surface area (Å²) in [4.78, 5) is 7.33. The number of aryl methyl sites for hydroxylation is 1. The van der Waals surface area contributed by atoms with E-state index in [0.717, 1.165) is 22.4 Å². The lowest BCUT2D eigenvalue weighted by Gasteiger charge is -1.97. The number of hydrogen-bond donors (Lipinski definition) is 3. The maximum Gasteiger partial charge on any atom is 0.104 e. The Hall–Kier alpha value is -1.84. The first kappa shape index (κ1) is 7.79. The lowest BCUT2D eigenvalue weighted by atomic mass is 10.2. The molecule has 0 aliphatic carbocycles. The molecule has 1 heterocycles. The number of H-pyrrole nitrogens is 1. The van der Waals surface area contributed by atoms with Crippen molar-refractivity contribution in [3.05, 3.63) is 23.5 Å². The van der Waals surface area contributed by atoms with Crippen LogP contribution in [0.3, 0.4) is 0 Å². The van der Waals surface area contributed by atoms with Gasteiger partial charge in [-0.3, -0.25) is 0 Å². The van der Waals surface area contributed by atoms with Crippen molar-refractivity contribution in [3.63, 3.8) is 0 Å². The van der Waals surface area contributed by atoms with Gasteiger partial charge in [0, 0.05) is 17.5 Å². The van der Waals surface area contributed by atoms with E-state index in [1.807, 2.05) is 13.0 Å². The van der Waals surface area contributed by atoms with Gasteiger partial charge in [0.2, 0.25) is 0 Å². The van der Waals surface area contributed by atoms with Gasteiger partial charge in [-0.2, -0.15) is 0 Å². The van der Waals surface area contributed by atoms with Crippen LogP contribution in [0.1, 0.15) is 11.4 Å². The number of rotatable bonds is 1. The molecule has 4 nitrogen and oxygen atoms in total. The highest BCUT2D eigenvalue weighted by atomic mass is 14.9. The van der Waals surface area contributed by atoms with Crippen LogP contribution in [0.25, 0.3) is 11.0 Å². The first-order valence-electron chi connectivity index (χ1n) is 3.97. The van der Waals surface area contributed by atoms with E-state index < -0.39 is 0 Å². The van der Waals surface area contributed by atoms with E-state index in [-0.39, 0.29) is 0 Å². The van der Waals surface area contributed by atoms with Gasteiger partial charge in [0.15, 0.2) is 0 Å². The first-order valence-corrected chi connectivity index (χ1v) is 3.97. The summed E-state index contributed by atoms with van der Waals surface area (Å²) in [7, 11) is 0. The maximum atomic E-state index is 7.13. The van der Waals surface area contributed by atoms with Crippen molar-refractivity contribution < 1.29 is 0 Å². The average Bonchev–Trinajstić information content (AvgIpc) is 2.42. The molecule has 0 unspecified atom stereocenters. The molecule has 0 spiro atoms. The molecule has 0 aliphatic heterocycles. The summed E-state index contributed by atoms with van der Waals surface area (Å²) in [6.45, 7) is 1.89. The van der Waals surface area contributed by atoms with Crippen LogP contribution in [0.4, 0.5) is 5.69 Å². The Kier molecular flexibility index (Phi) is 1.55. The second-order valence-electron chi connectivity index (χ2n) is 2.96. The van der Waals surface area contributed by atoms with E-state index in [9.17, 15) is 0 Å². The molecule has 2 rings (SSSR count). The largest absolute Gasteiger partial charge is 0.398 e. The smallest absolute Gasteiger partial charge is 0.104 e. The van der Waals surface area contributed by atoms with Crippen LogP contribution >= 0.6 is 0 Å². The zero-order valence-electron chi connectivity index (χ0n) is 7.26. The Balaban J connectivity index is 2.79. The molecule has 0 radical (unpaired) electrons. The first-order chi connectivity index (χ1) is 6.20. The number of aromatic amines is 1. The topological polar surface area (TPSA) is 78.5 Å². The van der Waals surface area contributed by atoms with E-state index in [0.29, 0.717) is 5.69 Å². The normalized spacial score (nSPS) is 10.5. The van der Waals surface area contributed by atoms with E-state index in [1.54, 1.807) is 6.07 Å². The fourth-order valence-corrected chi connectivity index (χ4v) is 1.34. The van der Waals surface area contributed by atoms with Gasteiger partial charge in [0.05, 0.1) is 11.0 Å². The number of hydrogen-bond acceptors (Lipinski definition) is 3. The third-order valence-electron chi connectivity index (χ3n) is 1.96. The summed E-state index contributed by atoms with van der Waals surface area (Å²) in [5.74, 6) is 0.858. The Morgan fingerprint density at radius 2 is 2.31 bits per heavy atom. The minimum atomic E-state index is 0.592. The van der Waals surface area contributed by atoms with Crippen molar-refractivity contribution >= 4 is 22.9 Å². The van der Waals surface area contributed by atoms with Crippen molar-refractivity contribution in [3.8, 4) is 0 Å². The highest BCUT2D eigenvalue weighted by Gasteiger charge is 2.02. The molecule has 66 valence electrons. The second kappa shape index (κ2) is 2.58. The highest BCUT2D eigenvalue weighted by molar-refractivity contribution is 5.92. The van der Waals surface area contributed by atoms with Crippen molar-refractivity contribution in [1.82, 2.24) is 9.97 Å². The molecule has 13 heavy (non-hydrogen) atoms. The number of imidazole rings is 1. The summed E-state index contributed by atoms with van der Waals surface area (Å²) in [6, 6.07) is 3.61. The Morgan fingerprint density at radius 1 is 1.54 bits per heavy atom. The minimum absolute atomic E-state index is 0.592. The van der Waals surface area contributed by atoms with Crippen LogP contribution in [-0.2, 0) is 0 Å². The second-order valence-corrected chi connectivity index (χ2v) is 2.96. The minimum Gasteiger partial charge on any atom is -0.398 e. The van der Waals surface area contributed by atoms with Crippen molar-refractivity contribution in [2.45, 2.75) is 6.92 Å². The van der Waals surface area contributed by atoms with Crippen LogP contribution in [0.15, 0.2) is 12.1 Å². The van der Waals surface area contributed by atoms with Gasteiger partial charge in [-0.15, -0.1) is 0 Å². The van der Waals surface area contributed by atoms with Gasteiger partial charge in [-0.05, 0) is 19.1 Å². The van der Waals surface area contributed by atoms with Crippen molar-refractivity contribution in [2.75, 3.05) is 5.73 Å². The summed E-state index contributed by atoms with van der Waals surface area (Å²) in [5, 5.41) is 7.13. The molecule has 0 saturated heterocycles. The van der Waals surface area contributed by atoms with Crippen LogP contribution in [0.2, 0.25) is 0 Å². The Labute approximate surface area is 75.3 Å². The van der Waals surface area contributed by atoms with E-state index >= 15 is 0 Å². The number of nitrogens with one attached hydrogen (secondary N) is 2. The lowest BCUT2D eigenvalue weighted by molar-refractivity contribution is 1.17. The standard InChI is InChI=1S/C9H10N4/c1-5-12-8-2-6(4-10)7(11)3-9(8)13-5/h2-4,10H,11H2,1H3,(H,12,13). The van der Waals surface area contributed by atoms with Gasteiger partial charge in [0.25, 0.3) is 0 Å². The third kappa shape index (κ3) is 1.16. The lowest BCUT2D eigenvalue weighted by Crippen LogP contribution is -1.92. The Bertz CT molecular complexity index is 470. The molecule has 0 atom stereocenters. The molecule has 0 saturated carbocycles. The number of nitrogens with zero attached hydrogens (tertiary/aromatic N) is 1. The Morgan fingerprint density at radius 3 is 3.00 bits per heavy atom. The summed E-state index contributed by atoms with van der Waals surface area (Å²) in [6.07, 6.45) is 1.24. The molecule has 0 fully saturated rings. The summed E-state index contributed by atoms with van der Waals surface area (Å²) >= 11 is 0. The van der Waals surface area contributed by atoms with Crippen molar-refractivity contribution in [2.24, 2.45) is 0 Å². The molecular formula is C9H10N4. The fraction of sp³-hybridized carbons (Fsp3) is 0.111. The van der Waals surface area contributed by atoms with Crippen LogP contribution in [-0.4, -0.2) is 16.2 Å². The number of benzene rings is 1. The van der Waals surface area contributed by atoms with Crippen LogP contribution in [0, 0.1) is 12.3 Å². The molecule has 1 aromatic heterocycles. The van der Waals surface area contributed by atoms with E-state index in [4.69, 9.17) is 11.1 Å². The zero-order chi connectivity index (χ0) is 9.42. The predicted octanol–water partition coefficient (Wildman–Crippen LogP) is 1.45. The van der Waals surface area contributed by atoms with Gasteiger partial charge in [-0.25, -0.2) is 4.98 Å². The number of anilines is 1. The number of nitrogen functional groups attached to an aromatic ring is 1. The van der Waals surface area contributed by atoms with Crippen LogP contribution < -0.4 is 5.73 Å². The SMILES string of the molecule is Cc1nc2cc(N)c(C=N)cc2[nH]1. The average molecular weight is 174 g/mol. The molecule has 1 aromatic carbocycles. The fourth-order valence-electron chi connectivity index (χ4n) is 1.34. The molecule has 0 aliphatic rings. The molecule has 0 bridgehead atoms. The molecular weight excluding hydrogens is 164 g/mol. The molecule has 0 amide bonds. The molecule has 2 aromatic rings. The number of nitrogens with two attached hydrogens (primary N) is 1. The van der Waals surface area contributed by atoms with Crippen molar-refractivity contribution in [1.29, 1.82) is 5.41 Å². The highest BCUT2D eigenvalue weighted by Crippen LogP contribution is 2.18. The molecule has 4 N–H and O–H groups in total. The quantitative estimate of drug-likeness (QED) is 0.452. The van der Waals surface area contributed by atoms with Crippen LogP contribution in [0.5, 0.6) is 0 Å².